The minimum Gasteiger partial charge on any atom is -0.459 e. The van der Waals surface area contributed by atoms with Crippen molar-refractivity contribution < 1.29 is 23.8 Å². The first-order valence-corrected chi connectivity index (χ1v) is 12.5. The Morgan fingerprint density at radius 2 is 1.80 bits per heavy atom. The molecule has 0 aliphatic carbocycles. The summed E-state index contributed by atoms with van der Waals surface area (Å²) in [5, 5.41) is 9.42. The topological polar surface area (TPSA) is 62.2 Å². The number of benzene rings is 2. The summed E-state index contributed by atoms with van der Waals surface area (Å²) in [6, 6.07) is 16.7. The molecule has 6 nitrogen and oxygen atoms in total. The number of halogens is 1. The average molecular weight is 483 g/mol. The molecule has 2 aliphatic rings. The number of aliphatic hydroxyl groups excluding tert-OH is 1. The summed E-state index contributed by atoms with van der Waals surface area (Å²) in [5.74, 6) is -0.420. The van der Waals surface area contributed by atoms with E-state index >= 15 is 0 Å². The van der Waals surface area contributed by atoms with Gasteiger partial charge >= 0.3 is 0 Å². The predicted molar refractivity (Wildman–Crippen MR) is 132 cm³/mol. The number of amides is 1. The highest BCUT2D eigenvalue weighted by Crippen LogP contribution is 2.39. The van der Waals surface area contributed by atoms with Crippen LogP contribution in [0.25, 0.3) is 0 Å². The van der Waals surface area contributed by atoms with Crippen molar-refractivity contribution in [2.45, 2.75) is 38.5 Å². The molecule has 1 saturated heterocycles. The standard InChI is InChI=1S/C28H35FN2O4/c1-2-34-28-24(9-6-18-32)25(22-10-12-23(29)13-11-22)19-26(35-28)27(33)31-16-14-30(15-17-31)20-21-7-4-3-5-8-21/h3-5,7-8,10-13,19,24-25,28,32H,2,6,9,14-18,20H2,1H3/t24-,25+,28+/m1/s1. The van der Waals surface area contributed by atoms with E-state index in [2.05, 4.69) is 17.0 Å². The van der Waals surface area contributed by atoms with Gasteiger partial charge < -0.3 is 19.5 Å². The quantitative estimate of drug-likeness (QED) is 0.587. The van der Waals surface area contributed by atoms with Crippen LogP contribution >= 0.6 is 0 Å². The van der Waals surface area contributed by atoms with Gasteiger partial charge in [-0.25, -0.2) is 4.39 Å². The molecule has 0 radical (unpaired) electrons. The highest BCUT2D eigenvalue weighted by Gasteiger charge is 2.39. The zero-order chi connectivity index (χ0) is 24.6. The van der Waals surface area contributed by atoms with E-state index in [1.165, 1.54) is 17.7 Å². The summed E-state index contributed by atoms with van der Waals surface area (Å²) in [6.07, 6.45) is 2.52. The summed E-state index contributed by atoms with van der Waals surface area (Å²) in [6.45, 7) is 6.11. The first-order valence-electron chi connectivity index (χ1n) is 12.5. The number of aliphatic hydroxyl groups is 1. The molecular formula is C28H35FN2O4. The third kappa shape index (κ3) is 6.48. The Kier molecular flexibility index (Phi) is 8.90. The van der Waals surface area contributed by atoms with Gasteiger partial charge in [0.15, 0.2) is 5.76 Å². The third-order valence-corrected chi connectivity index (χ3v) is 6.79. The van der Waals surface area contributed by atoms with Gasteiger partial charge in [-0.3, -0.25) is 9.69 Å². The van der Waals surface area contributed by atoms with Crippen LogP contribution in [0.3, 0.4) is 0 Å². The lowest BCUT2D eigenvalue weighted by molar-refractivity contribution is -0.171. The number of hydrogen-bond donors (Lipinski definition) is 1. The molecule has 0 saturated carbocycles. The monoisotopic (exact) mass is 482 g/mol. The van der Waals surface area contributed by atoms with Crippen molar-refractivity contribution in [3.8, 4) is 0 Å². The number of allylic oxidation sites excluding steroid dienone is 1. The number of hydrogen-bond acceptors (Lipinski definition) is 5. The van der Waals surface area contributed by atoms with Gasteiger partial charge in [0.05, 0.1) is 0 Å². The van der Waals surface area contributed by atoms with Crippen LogP contribution in [0.1, 0.15) is 36.8 Å². The Morgan fingerprint density at radius 3 is 2.46 bits per heavy atom. The molecule has 0 unspecified atom stereocenters. The lowest BCUT2D eigenvalue weighted by Crippen LogP contribution is -2.49. The smallest absolute Gasteiger partial charge is 0.288 e. The molecule has 0 aromatic heterocycles. The predicted octanol–water partition coefficient (Wildman–Crippen LogP) is 3.92. The number of carbonyl (C=O) groups is 1. The van der Waals surface area contributed by atoms with Crippen molar-refractivity contribution in [3.05, 3.63) is 83.4 Å². The van der Waals surface area contributed by atoms with Gasteiger partial charge in [0, 0.05) is 57.8 Å². The summed E-state index contributed by atoms with van der Waals surface area (Å²) >= 11 is 0. The molecule has 1 amide bonds. The van der Waals surface area contributed by atoms with Gasteiger partial charge in [-0.05, 0) is 49.1 Å². The van der Waals surface area contributed by atoms with Gasteiger partial charge in [0.2, 0.25) is 6.29 Å². The van der Waals surface area contributed by atoms with E-state index in [-0.39, 0.29) is 35.9 Å². The molecule has 4 rings (SSSR count). The van der Waals surface area contributed by atoms with Crippen molar-refractivity contribution >= 4 is 5.91 Å². The van der Waals surface area contributed by atoms with Crippen LogP contribution in [-0.4, -0.2) is 66.5 Å². The summed E-state index contributed by atoms with van der Waals surface area (Å²) in [7, 11) is 0. The maximum atomic E-state index is 13.6. The van der Waals surface area contributed by atoms with Crippen molar-refractivity contribution in [3.63, 3.8) is 0 Å². The van der Waals surface area contributed by atoms with Crippen LogP contribution in [0, 0.1) is 11.7 Å². The van der Waals surface area contributed by atoms with Gasteiger partial charge in [-0.15, -0.1) is 0 Å². The van der Waals surface area contributed by atoms with Gasteiger partial charge in [0.1, 0.15) is 5.82 Å². The summed E-state index contributed by atoms with van der Waals surface area (Å²) in [5.41, 5.74) is 2.17. The Morgan fingerprint density at radius 1 is 1.09 bits per heavy atom. The number of rotatable bonds is 9. The van der Waals surface area contributed by atoms with Crippen LogP contribution in [-0.2, 0) is 20.8 Å². The zero-order valence-corrected chi connectivity index (χ0v) is 20.3. The minimum absolute atomic E-state index is 0.0637. The van der Waals surface area contributed by atoms with Crippen molar-refractivity contribution in [1.29, 1.82) is 0 Å². The second-order valence-electron chi connectivity index (χ2n) is 9.13. The maximum Gasteiger partial charge on any atom is 0.288 e. The van der Waals surface area contributed by atoms with Crippen LogP contribution in [0.4, 0.5) is 4.39 Å². The second kappa shape index (κ2) is 12.3. The highest BCUT2D eigenvalue weighted by molar-refractivity contribution is 5.92. The minimum atomic E-state index is -0.607. The van der Waals surface area contributed by atoms with E-state index in [9.17, 15) is 14.3 Å². The third-order valence-electron chi connectivity index (χ3n) is 6.79. The Hall–Kier alpha value is -2.74. The zero-order valence-electron chi connectivity index (χ0n) is 20.3. The fraction of sp³-hybridized carbons (Fsp3) is 0.464. The molecule has 1 N–H and O–H groups in total. The van der Waals surface area contributed by atoms with E-state index in [4.69, 9.17) is 9.47 Å². The number of carbonyl (C=O) groups excluding carboxylic acids is 1. The maximum absolute atomic E-state index is 13.6. The molecular weight excluding hydrogens is 447 g/mol. The van der Waals surface area contributed by atoms with Crippen LogP contribution in [0.2, 0.25) is 0 Å². The number of piperazine rings is 1. The van der Waals surface area contributed by atoms with Crippen molar-refractivity contribution in [2.24, 2.45) is 5.92 Å². The molecule has 2 heterocycles. The first kappa shape index (κ1) is 25.4. The molecule has 188 valence electrons. The number of nitrogens with zero attached hydrogens (tertiary/aromatic N) is 2. The molecule has 2 aliphatic heterocycles. The Balaban J connectivity index is 1.49. The Bertz CT molecular complexity index is 974. The molecule has 35 heavy (non-hydrogen) atoms. The number of ether oxygens (including phenoxy) is 2. The molecule has 7 heteroatoms. The molecule has 2 aromatic rings. The lowest BCUT2D eigenvalue weighted by atomic mass is 9.80. The fourth-order valence-electron chi connectivity index (χ4n) is 4.93. The normalized spacial score (nSPS) is 23.0. The summed E-state index contributed by atoms with van der Waals surface area (Å²) in [4.78, 5) is 17.7. The van der Waals surface area contributed by atoms with Crippen molar-refractivity contribution in [2.75, 3.05) is 39.4 Å². The van der Waals surface area contributed by atoms with Gasteiger partial charge in [-0.1, -0.05) is 42.5 Å². The summed E-state index contributed by atoms with van der Waals surface area (Å²) < 4.78 is 25.7. The van der Waals surface area contributed by atoms with Crippen LogP contribution in [0.15, 0.2) is 66.4 Å². The second-order valence-corrected chi connectivity index (χ2v) is 9.13. The average Bonchev–Trinajstić information content (AvgIpc) is 2.89. The molecule has 3 atom stereocenters. The largest absolute Gasteiger partial charge is 0.459 e. The van der Waals surface area contributed by atoms with E-state index in [0.717, 1.165) is 25.2 Å². The van der Waals surface area contributed by atoms with Crippen LogP contribution < -0.4 is 0 Å². The SMILES string of the molecule is CCO[C@H]1OC(C(=O)N2CCN(Cc3ccccc3)CC2)=C[C@@H](c2ccc(F)cc2)[C@H]1CCCO. The molecule has 0 spiro atoms. The van der Waals surface area contributed by atoms with Gasteiger partial charge in [0.25, 0.3) is 5.91 Å². The van der Waals surface area contributed by atoms with Crippen LogP contribution in [0.5, 0.6) is 0 Å². The highest BCUT2D eigenvalue weighted by atomic mass is 19.1. The van der Waals surface area contributed by atoms with E-state index in [0.29, 0.717) is 32.5 Å². The lowest BCUT2D eigenvalue weighted by Gasteiger charge is -2.39. The van der Waals surface area contributed by atoms with E-state index in [1.54, 1.807) is 12.1 Å². The molecule has 0 bridgehead atoms. The first-order chi connectivity index (χ1) is 17.1. The fourth-order valence-corrected chi connectivity index (χ4v) is 4.93. The van der Waals surface area contributed by atoms with Crippen molar-refractivity contribution in [1.82, 2.24) is 9.80 Å². The Labute approximate surface area is 206 Å². The molecule has 1 fully saturated rings. The van der Waals surface area contributed by atoms with E-state index < -0.39 is 6.29 Å². The van der Waals surface area contributed by atoms with E-state index in [1.807, 2.05) is 36.1 Å². The molecule has 2 aromatic carbocycles. The van der Waals surface area contributed by atoms with Gasteiger partial charge in [-0.2, -0.15) is 0 Å².